The SMILES string of the molecule is CCCNC(c1cccc(I)c1)c1cc(Br)c(Cl)s1. The summed E-state index contributed by atoms with van der Waals surface area (Å²) in [6.45, 7) is 3.17. The van der Waals surface area contributed by atoms with Crippen molar-refractivity contribution in [2.24, 2.45) is 0 Å². The van der Waals surface area contributed by atoms with Gasteiger partial charge in [0.25, 0.3) is 0 Å². The van der Waals surface area contributed by atoms with E-state index < -0.39 is 0 Å². The van der Waals surface area contributed by atoms with Crippen LogP contribution in [-0.4, -0.2) is 6.54 Å². The lowest BCUT2D eigenvalue weighted by atomic mass is 10.1. The van der Waals surface area contributed by atoms with Gasteiger partial charge >= 0.3 is 0 Å². The highest BCUT2D eigenvalue weighted by Gasteiger charge is 2.17. The molecule has 1 aromatic heterocycles. The molecule has 2 rings (SSSR count). The molecule has 0 radical (unpaired) electrons. The van der Waals surface area contributed by atoms with E-state index in [4.69, 9.17) is 11.6 Å². The maximum absolute atomic E-state index is 6.17. The second-order valence-corrected chi connectivity index (χ2v) is 8.00. The van der Waals surface area contributed by atoms with Crippen LogP contribution in [0.3, 0.4) is 0 Å². The van der Waals surface area contributed by atoms with Gasteiger partial charge < -0.3 is 5.32 Å². The van der Waals surface area contributed by atoms with E-state index in [9.17, 15) is 0 Å². The first-order valence-corrected chi connectivity index (χ1v) is 9.12. The maximum atomic E-state index is 6.17. The summed E-state index contributed by atoms with van der Waals surface area (Å²) < 4.78 is 3.03. The summed E-state index contributed by atoms with van der Waals surface area (Å²) in [4.78, 5) is 1.24. The highest BCUT2D eigenvalue weighted by molar-refractivity contribution is 14.1. The predicted octanol–water partition coefficient (Wildman–Crippen LogP) is 5.86. The molecular formula is C14H14BrClINS. The number of nitrogens with one attached hydrogen (secondary N) is 1. The molecule has 0 saturated heterocycles. The van der Waals surface area contributed by atoms with E-state index in [1.54, 1.807) is 11.3 Å². The van der Waals surface area contributed by atoms with Crippen LogP contribution in [0.2, 0.25) is 4.34 Å². The molecule has 1 unspecified atom stereocenters. The zero-order chi connectivity index (χ0) is 13.8. The van der Waals surface area contributed by atoms with E-state index in [2.05, 4.69) is 81.1 Å². The monoisotopic (exact) mass is 469 g/mol. The van der Waals surface area contributed by atoms with E-state index in [1.807, 2.05) is 0 Å². The summed E-state index contributed by atoms with van der Waals surface area (Å²) in [5, 5.41) is 3.60. The van der Waals surface area contributed by atoms with Crippen LogP contribution in [-0.2, 0) is 0 Å². The molecule has 0 spiro atoms. The summed E-state index contributed by atoms with van der Waals surface area (Å²) in [5.74, 6) is 0. The lowest BCUT2D eigenvalue weighted by molar-refractivity contribution is 0.605. The quantitative estimate of drug-likeness (QED) is 0.540. The number of hydrogen-bond acceptors (Lipinski definition) is 2. The van der Waals surface area contributed by atoms with E-state index in [0.717, 1.165) is 21.8 Å². The Hall–Kier alpha value is 0.380. The number of benzene rings is 1. The third-order valence-corrected chi connectivity index (χ3v) is 5.94. The van der Waals surface area contributed by atoms with Gasteiger partial charge in [0.1, 0.15) is 4.34 Å². The lowest BCUT2D eigenvalue weighted by Crippen LogP contribution is -2.22. The zero-order valence-electron chi connectivity index (χ0n) is 10.4. The highest BCUT2D eigenvalue weighted by Crippen LogP contribution is 2.37. The summed E-state index contributed by atoms with van der Waals surface area (Å²) in [6.07, 6.45) is 1.11. The first-order valence-electron chi connectivity index (χ1n) is 6.05. The van der Waals surface area contributed by atoms with E-state index in [1.165, 1.54) is 14.0 Å². The van der Waals surface area contributed by atoms with Gasteiger partial charge in [-0.15, -0.1) is 11.3 Å². The molecule has 19 heavy (non-hydrogen) atoms. The maximum Gasteiger partial charge on any atom is 0.107 e. The average Bonchev–Trinajstić information content (AvgIpc) is 2.70. The Balaban J connectivity index is 2.35. The Bertz CT molecular complexity index is 539. The van der Waals surface area contributed by atoms with Crippen molar-refractivity contribution in [2.45, 2.75) is 19.4 Å². The Morgan fingerprint density at radius 3 is 2.79 bits per heavy atom. The minimum Gasteiger partial charge on any atom is -0.306 e. The van der Waals surface area contributed by atoms with Gasteiger partial charge in [0.2, 0.25) is 0 Å². The van der Waals surface area contributed by atoms with Gasteiger partial charge in [0.05, 0.1) is 6.04 Å². The van der Waals surface area contributed by atoms with Crippen LogP contribution in [0, 0.1) is 3.57 Å². The largest absolute Gasteiger partial charge is 0.306 e. The van der Waals surface area contributed by atoms with Crippen molar-refractivity contribution in [1.82, 2.24) is 5.32 Å². The molecule has 102 valence electrons. The molecule has 0 aliphatic rings. The van der Waals surface area contributed by atoms with Crippen molar-refractivity contribution in [2.75, 3.05) is 6.54 Å². The Labute approximate surface area is 145 Å². The molecule has 1 nitrogen and oxygen atoms in total. The molecule has 0 aliphatic heterocycles. The summed E-state index contributed by atoms with van der Waals surface area (Å²) in [5.41, 5.74) is 1.28. The molecular weight excluding hydrogens is 456 g/mol. The summed E-state index contributed by atoms with van der Waals surface area (Å²) >= 11 is 13.6. The molecule has 1 heterocycles. The van der Waals surface area contributed by atoms with Gasteiger partial charge in [-0.05, 0) is 75.2 Å². The third kappa shape index (κ3) is 4.17. The molecule has 1 aromatic carbocycles. The van der Waals surface area contributed by atoms with Gasteiger partial charge in [-0.25, -0.2) is 0 Å². The highest BCUT2D eigenvalue weighted by atomic mass is 127. The fraction of sp³-hybridized carbons (Fsp3) is 0.286. The van der Waals surface area contributed by atoms with Crippen LogP contribution in [0.4, 0.5) is 0 Å². The molecule has 5 heteroatoms. The standard InChI is InChI=1S/C14H14BrClINS/c1-2-6-18-13(9-4-3-5-10(17)7-9)12-8-11(15)14(16)19-12/h3-5,7-8,13,18H,2,6H2,1H3. The normalized spacial score (nSPS) is 12.6. The van der Waals surface area contributed by atoms with E-state index in [-0.39, 0.29) is 6.04 Å². The number of hydrogen-bond donors (Lipinski definition) is 1. The fourth-order valence-corrected chi connectivity index (χ4v) is 4.27. The second kappa shape index (κ2) is 7.41. The Morgan fingerprint density at radius 1 is 1.42 bits per heavy atom. The first-order chi connectivity index (χ1) is 9.11. The summed E-state index contributed by atoms with van der Waals surface area (Å²) in [7, 11) is 0. The molecule has 0 bridgehead atoms. The molecule has 0 amide bonds. The van der Waals surface area contributed by atoms with Crippen LogP contribution < -0.4 is 5.32 Å². The summed E-state index contributed by atoms with van der Waals surface area (Å²) in [6, 6.07) is 10.9. The molecule has 1 atom stereocenters. The van der Waals surface area contributed by atoms with Crippen LogP contribution >= 0.6 is 61.5 Å². The zero-order valence-corrected chi connectivity index (χ0v) is 15.7. The van der Waals surface area contributed by atoms with Crippen molar-refractivity contribution in [3.05, 3.63) is 53.2 Å². The molecule has 0 fully saturated rings. The predicted molar refractivity (Wildman–Crippen MR) is 96.3 cm³/mol. The average molecular weight is 471 g/mol. The van der Waals surface area contributed by atoms with Gasteiger partial charge in [-0.2, -0.15) is 0 Å². The minimum atomic E-state index is 0.212. The Kier molecular flexibility index (Phi) is 6.14. The lowest BCUT2D eigenvalue weighted by Gasteiger charge is -2.18. The minimum absolute atomic E-state index is 0.212. The van der Waals surface area contributed by atoms with Crippen LogP contribution in [0.1, 0.15) is 29.8 Å². The van der Waals surface area contributed by atoms with Crippen molar-refractivity contribution < 1.29 is 0 Å². The number of halogens is 3. The number of rotatable bonds is 5. The van der Waals surface area contributed by atoms with Crippen molar-refractivity contribution in [3.63, 3.8) is 0 Å². The van der Waals surface area contributed by atoms with Gasteiger partial charge in [0, 0.05) is 12.9 Å². The number of thiophene rings is 1. The van der Waals surface area contributed by atoms with E-state index in [0.29, 0.717) is 0 Å². The van der Waals surface area contributed by atoms with Crippen molar-refractivity contribution in [3.8, 4) is 0 Å². The molecule has 0 saturated carbocycles. The smallest absolute Gasteiger partial charge is 0.107 e. The molecule has 1 N–H and O–H groups in total. The van der Waals surface area contributed by atoms with Crippen LogP contribution in [0.25, 0.3) is 0 Å². The van der Waals surface area contributed by atoms with Gasteiger partial charge in [-0.3, -0.25) is 0 Å². The second-order valence-electron chi connectivity index (χ2n) is 4.21. The Morgan fingerprint density at radius 2 is 2.21 bits per heavy atom. The molecule has 2 aromatic rings. The van der Waals surface area contributed by atoms with Crippen LogP contribution in [0.5, 0.6) is 0 Å². The van der Waals surface area contributed by atoms with Crippen molar-refractivity contribution >= 4 is 61.5 Å². The van der Waals surface area contributed by atoms with E-state index >= 15 is 0 Å². The van der Waals surface area contributed by atoms with Gasteiger partial charge in [0.15, 0.2) is 0 Å². The van der Waals surface area contributed by atoms with Crippen LogP contribution in [0.15, 0.2) is 34.8 Å². The topological polar surface area (TPSA) is 12.0 Å². The fourth-order valence-electron chi connectivity index (χ4n) is 1.86. The molecule has 0 aliphatic carbocycles. The van der Waals surface area contributed by atoms with Crippen molar-refractivity contribution in [1.29, 1.82) is 0 Å². The first kappa shape index (κ1) is 15.8. The third-order valence-electron chi connectivity index (χ3n) is 2.73. The van der Waals surface area contributed by atoms with Gasteiger partial charge in [-0.1, -0.05) is 30.7 Å².